The number of aromatic amines is 2. The van der Waals surface area contributed by atoms with Crippen LogP contribution in [-0.2, 0) is 16.4 Å². The van der Waals surface area contributed by atoms with Crippen LogP contribution in [-0.4, -0.2) is 24.9 Å². The highest BCUT2D eigenvalue weighted by molar-refractivity contribution is 7.89. The van der Waals surface area contributed by atoms with Gasteiger partial charge >= 0.3 is 5.76 Å². The third-order valence-corrected chi connectivity index (χ3v) is 4.53. The van der Waals surface area contributed by atoms with E-state index in [-0.39, 0.29) is 17.0 Å². The molecular formula is C13H13N3O4S. The summed E-state index contributed by atoms with van der Waals surface area (Å²) in [5, 5.41) is 0. The largest absolute Gasteiger partial charge is 0.417 e. The van der Waals surface area contributed by atoms with E-state index in [9.17, 15) is 13.2 Å². The number of H-pyrrole nitrogens is 2. The Kier molecular flexibility index (Phi) is 3.40. The molecule has 0 radical (unpaired) electrons. The van der Waals surface area contributed by atoms with Crippen LogP contribution in [0.2, 0.25) is 0 Å². The normalized spacial score (nSPS) is 12.0. The molecule has 0 fully saturated rings. The second-order valence-electron chi connectivity index (χ2n) is 4.54. The molecule has 0 unspecified atom stereocenters. The summed E-state index contributed by atoms with van der Waals surface area (Å²) in [6, 6.07) is 6.13. The van der Waals surface area contributed by atoms with Crippen molar-refractivity contribution in [1.82, 2.24) is 14.7 Å². The number of oxazole rings is 1. The summed E-state index contributed by atoms with van der Waals surface area (Å²) in [6.07, 6.45) is 4.19. The van der Waals surface area contributed by atoms with Crippen LogP contribution < -0.4 is 10.5 Å². The SMILES string of the molecule is O=c1[nH]c2ccc(S(=O)(=O)NCCc3cc[nH]c3)cc2o1. The second-order valence-corrected chi connectivity index (χ2v) is 6.31. The number of hydrogen-bond donors (Lipinski definition) is 3. The molecule has 0 aliphatic carbocycles. The fourth-order valence-corrected chi connectivity index (χ4v) is 3.07. The van der Waals surface area contributed by atoms with Crippen LogP contribution in [0.15, 0.2) is 50.8 Å². The molecule has 0 aliphatic heterocycles. The van der Waals surface area contributed by atoms with E-state index in [1.807, 2.05) is 12.3 Å². The zero-order valence-corrected chi connectivity index (χ0v) is 11.7. The molecule has 21 heavy (non-hydrogen) atoms. The minimum atomic E-state index is -3.63. The molecule has 0 aliphatic rings. The van der Waals surface area contributed by atoms with Crippen LogP contribution in [0.4, 0.5) is 0 Å². The Hall–Kier alpha value is -2.32. The van der Waals surface area contributed by atoms with Gasteiger partial charge in [-0.2, -0.15) is 0 Å². The Morgan fingerprint density at radius 1 is 1.24 bits per heavy atom. The Bertz CT molecular complexity index is 906. The van der Waals surface area contributed by atoms with Gasteiger partial charge < -0.3 is 9.40 Å². The third-order valence-electron chi connectivity index (χ3n) is 3.07. The molecule has 3 N–H and O–H groups in total. The van der Waals surface area contributed by atoms with E-state index in [4.69, 9.17) is 4.42 Å². The predicted molar refractivity (Wildman–Crippen MR) is 76.5 cm³/mol. The molecule has 110 valence electrons. The predicted octanol–water partition coefficient (Wildman–Crippen LogP) is 0.970. The topological polar surface area (TPSA) is 108 Å². The zero-order valence-electron chi connectivity index (χ0n) is 10.9. The number of fused-ring (bicyclic) bond motifs is 1. The standard InChI is InChI=1S/C13H13N3O4S/c17-13-16-11-2-1-10(7-12(11)20-13)21(18,19)15-6-4-9-3-5-14-8-9/h1-3,5,7-8,14-15H,4,6H2,(H,16,17). The van der Waals surface area contributed by atoms with Gasteiger partial charge in [0.2, 0.25) is 10.0 Å². The smallest absolute Gasteiger partial charge is 0.408 e. The van der Waals surface area contributed by atoms with Gasteiger partial charge in [-0.15, -0.1) is 0 Å². The van der Waals surface area contributed by atoms with E-state index in [1.54, 1.807) is 6.20 Å². The lowest BCUT2D eigenvalue weighted by Crippen LogP contribution is -2.25. The van der Waals surface area contributed by atoms with Gasteiger partial charge in [0.05, 0.1) is 10.4 Å². The Morgan fingerprint density at radius 3 is 2.86 bits per heavy atom. The quantitative estimate of drug-likeness (QED) is 0.652. The molecule has 2 heterocycles. The van der Waals surface area contributed by atoms with Gasteiger partial charge in [0, 0.05) is 25.0 Å². The van der Waals surface area contributed by atoms with Crippen molar-refractivity contribution in [2.75, 3.05) is 6.54 Å². The van der Waals surface area contributed by atoms with Crippen molar-refractivity contribution in [2.45, 2.75) is 11.3 Å². The molecule has 0 saturated carbocycles. The Morgan fingerprint density at radius 2 is 2.10 bits per heavy atom. The van der Waals surface area contributed by atoms with Crippen LogP contribution >= 0.6 is 0 Å². The molecule has 0 atom stereocenters. The van der Waals surface area contributed by atoms with Crippen molar-refractivity contribution in [2.24, 2.45) is 0 Å². The average Bonchev–Trinajstić information content (AvgIpc) is 3.05. The maximum Gasteiger partial charge on any atom is 0.417 e. The van der Waals surface area contributed by atoms with Crippen molar-refractivity contribution in [3.8, 4) is 0 Å². The summed E-state index contributed by atoms with van der Waals surface area (Å²) in [6.45, 7) is 0.287. The molecule has 7 nitrogen and oxygen atoms in total. The third kappa shape index (κ3) is 2.91. The molecular weight excluding hydrogens is 294 g/mol. The highest BCUT2D eigenvalue weighted by Crippen LogP contribution is 2.16. The number of aromatic nitrogens is 2. The summed E-state index contributed by atoms with van der Waals surface area (Å²) in [5.74, 6) is -0.611. The van der Waals surface area contributed by atoms with E-state index >= 15 is 0 Å². The van der Waals surface area contributed by atoms with E-state index < -0.39 is 15.8 Å². The highest BCUT2D eigenvalue weighted by Gasteiger charge is 2.15. The van der Waals surface area contributed by atoms with Crippen LogP contribution in [0, 0.1) is 0 Å². The molecule has 3 aromatic rings. The summed E-state index contributed by atoms with van der Waals surface area (Å²) < 4.78 is 31.7. The van der Waals surface area contributed by atoms with Crippen molar-refractivity contribution in [3.05, 3.63) is 52.8 Å². The van der Waals surface area contributed by atoms with Gasteiger partial charge in [0.25, 0.3) is 0 Å². The number of nitrogens with one attached hydrogen (secondary N) is 3. The fraction of sp³-hybridized carbons (Fsp3) is 0.154. The molecule has 0 bridgehead atoms. The van der Waals surface area contributed by atoms with E-state index in [2.05, 4.69) is 14.7 Å². The summed E-state index contributed by atoms with van der Waals surface area (Å²) in [7, 11) is -3.63. The van der Waals surface area contributed by atoms with Crippen LogP contribution in [0.5, 0.6) is 0 Å². The number of benzene rings is 1. The summed E-state index contributed by atoms with van der Waals surface area (Å²) in [4.78, 5) is 16.5. The van der Waals surface area contributed by atoms with Crippen molar-refractivity contribution in [3.63, 3.8) is 0 Å². The number of rotatable bonds is 5. The first-order valence-corrected chi connectivity index (χ1v) is 7.77. The zero-order chi connectivity index (χ0) is 14.9. The van der Waals surface area contributed by atoms with E-state index in [1.165, 1.54) is 18.2 Å². The number of hydrogen-bond acceptors (Lipinski definition) is 4. The first-order valence-electron chi connectivity index (χ1n) is 6.29. The number of sulfonamides is 1. The van der Waals surface area contributed by atoms with Crippen LogP contribution in [0.25, 0.3) is 11.1 Å². The van der Waals surface area contributed by atoms with Gasteiger partial charge in [0.15, 0.2) is 5.58 Å². The lowest BCUT2D eigenvalue weighted by molar-refractivity contribution is 0.553. The van der Waals surface area contributed by atoms with Gasteiger partial charge in [-0.1, -0.05) is 0 Å². The molecule has 0 spiro atoms. The minimum absolute atomic E-state index is 0.0619. The van der Waals surface area contributed by atoms with Crippen LogP contribution in [0.3, 0.4) is 0 Å². The highest BCUT2D eigenvalue weighted by atomic mass is 32.2. The minimum Gasteiger partial charge on any atom is -0.408 e. The summed E-state index contributed by atoms with van der Waals surface area (Å²) in [5.41, 5.74) is 1.70. The van der Waals surface area contributed by atoms with Crippen molar-refractivity contribution < 1.29 is 12.8 Å². The van der Waals surface area contributed by atoms with E-state index in [0.717, 1.165) is 5.56 Å². The first-order chi connectivity index (χ1) is 10.0. The first kappa shape index (κ1) is 13.7. The molecule has 3 rings (SSSR count). The molecule has 0 saturated heterocycles. The molecule has 0 amide bonds. The van der Waals surface area contributed by atoms with E-state index in [0.29, 0.717) is 11.9 Å². The fourth-order valence-electron chi connectivity index (χ4n) is 2.02. The lowest BCUT2D eigenvalue weighted by Gasteiger charge is -2.05. The monoisotopic (exact) mass is 307 g/mol. The van der Waals surface area contributed by atoms with Gasteiger partial charge in [-0.3, -0.25) is 4.98 Å². The second kappa shape index (κ2) is 5.23. The van der Waals surface area contributed by atoms with Crippen LogP contribution in [0.1, 0.15) is 5.56 Å². The maximum absolute atomic E-state index is 12.2. The Labute approximate surface area is 120 Å². The molecule has 8 heteroatoms. The maximum atomic E-state index is 12.2. The lowest BCUT2D eigenvalue weighted by atomic mass is 10.2. The van der Waals surface area contributed by atoms with Gasteiger partial charge in [-0.05, 0) is 30.2 Å². The average molecular weight is 307 g/mol. The Balaban J connectivity index is 1.77. The van der Waals surface area contributed by atoms with Gasteiger partial charge in [-0.25, -0.2) is 17.9 Å². The van der Waals surface area contributed by atoms with Gasteiger partial charge in [0.1, 0.15) is 0 Å². The van der Waals surface area contributed by atoms with Crippen molar-refractivity contribution >= 4 is 21.1 Å². The summed E-state index contributed by atoms with van der Waals surface area (Å²) >= 11 is 0. The molecule has 2 aromatic heterocycles. The molecule has 1 aromatic carbocycles. The van der Waals surface area contributed by atoms with Crippen molar-refractivity contribution in [1.29, 1.82) is 0 Å².